The van der Waals surface area contributed by atoms with E-state index in [4.69, 9.17) is 4.98 Å². The van der Waals surface area contributed by atoms with Crippen LogP contribution >= 0.6 is 0 Å². The first-order valence-electron chi connectivity index (χ1n) is 19.3. The average Bonchev–Trinajstić information content (AvgIpc) is 3.71. The van der Waals surface area contributed by atoms with E-state index in [2.05, 4.69) is 182 Å². The molecule has 6 aromatic carbocycles. The van der Waals surface area contributed by atoms with Gasteiger partial charge in [-0.1, -0.05) is 125 Å². The number of hydrogen-bond donors (Lipinski definition) is 0. The highest BCUT2D eigenvalue weighted by atomic mass is 15.1. The van der Waals surface area contributed by atoms with Crippen LogP contribution in [0, 0.1) is 39.0 Å². The van der Waals surface area contributed by atoms with E-state index in [1.807, 2.05) is 24.3 Å². The van der Waals surface area contributed by atoms with Gasteiger partial charge in [-0.15, -0.1) is 0 Å². The lowest BCUT2D eigenvalue weighted by Gasteiger charge is -2.41. The van der Waals surface area contributed by atoms with E-state index in [1.54, 1.807) is 0 Å². The minimum atomic E-state index is -1.26. The van der Waals surface area contributed by atoms with Gasteiger partial charge in [-0.05, 0) is 88.4 Å². The van der Waals surface area contributed by atoms with Crippen molar-refractivity contribution in [3.8, 4) is 28.6 Å². The summed E-state index contributed by atoms with van der Waals surface area (Å²) in [6.07, 6.45) is 6.55. The fraction of sp³-hybridized carbons (Fsp3) is 0.115. The van der Waals surface area contributed by atoms with E-state index in [-0.39, 0.29) is 0 Å². The molecule has 0 N–H and O–H groups in total. The van der Waals surface area contributed by atoms with Gasteiger partial charge in [-0.25, -0.2) is 4.98 Å². The van der Waals surface area contributed by atoms with E-state index in [0.29, 0.717) is 0 Å². The number of hydrogen-bond acceptors (Lipinski definition) is 2. The number of nitrogens with zero attached hydrogens (tertiary/aromatic N) is 4. The largest absolute Gasteiger partial charge is 0.331 e. The lowest BCUT2D eigenvalue weighted by Crippen LogP contribution is -2.40. The van der Waals surface area contributed by atoms with Crippen LogP contribution in [-0.2, 0) is 5.41 Å². The van der Waals surface area contributed by atoms with Gasteiger partial charge < -0.3 is 9.13 Å². The molecular weight excluding hydrogens is 681 g/mol. The average molecular weight is 721 g/mol. The van der Waals surface area contributed by atoms with Crippen LogP contribution in [0.2, 0.25) is 0 Å². The zero-order valence-corrected chi connectivity index (χ0v) is 32.0. The Morgan fingerprint density at radius 3 is 1.55 bits per heavy atom. The SMILES string of the molecule is Cc1ccc2c(c1)c1cc(C)ccc1n2C1=CC=CC(n2c3ccc(C)cc3c3cc(C)ccc32)C1(C#N)c1ccc(-c2ccccc2)nc1-c1ccccc1. The molecule has 3 heterocycles. The summed E-state index contributed by atoms with van der Waals surface area (Å²) >= 11 is 0. The molecule has 2 atom stereocenters. The Morgan fingerprint density at radius 1 is 0.554 bits per heavy atom. The molecule has 0 saturated carbocycles. The fourth-order valence-electron chi connectivity index (χ4n) is 9.15. The van der Waals surface area contributed by atoms with Gasteiger partial charge in [0.15, 0.2) is 0 Å². The third-order valence-corrected chi connectivity index (χ3v) is 11.7. The van der Waals surface area contributed by atoms with Gasteiger partial charge in [0, 0.05) is 49.3 Å². The summed E-state index contributed by atoms with van der Waals surface area (Å²) in [4.78, 5) is 5.49. The smallest absolute Gasteiger partial charge is 0.149 e. The van der Waals surface area contributed by atoms with Gasteiger partial charge in [0.05, 0.1) is 40.2 Å². The molecule has 0 aliphatic heterocycles. The molecular formula is C52H40N4. The molecule has 4 nitrogen and oxygen atoms in total. The van der Waals surface area contributed by atoms with Crippen molar-refractivity contribution in [3.63, 3.8) is 0 Å². The van der Waals surface area contributed by atoms with Crippen LogP contribution in [0.5, 0.6) is 0 Å². The molecule has 1 aliphatic carbocycles. The number of pyridine rings is 1. The Labute approximate surface area is 326 Å². The number of rotatable bonds is 5. The van der Waals surface area contributed by atoms with E-state index >= 15 is 0 Å². The van der Waals surface area contributed by atoms with Gasteiger partial charge in [0.2, 0.25) is 0 Å². The molecule has 1 aliphatic rings. The third-order valence-electron chi connectivity index (χ3n) is 11.7. The first-order valence-corrected chi connectivity index (χ1v) is 19.3. The van der Waals surface area contributed by atoms with E-state index < -0.39 is 11.5 Å². The van der Waals surface area contributed by atoms with Crippen molar-refractivity contribution in [3.05, 3.63) is 192 Å². The Hall–Kier alpha value is -6.96. The Bertz CT molecular complexity index is 3020. The number of fused-ring (bicyclic) bond motifs is 6. The molecule has 0 fully saturated rings. The molecule has 268 valence electrons. The Morgan fingerprint density at radius 2 is 1.04 bits per heavy atom. The molecule has 4 heteroatoms. The topological polar surface area (TPSA) is 46.5 Å². The second-order valence-corrected chi connectivity index (χ2v) is 15.4. The van der Waals surface area contributed by atoms with Crippen molar-refractivity contribution in [1.29, 1.82) is 5.26 Å². The lowest BCUT2D eigenvalue weighted by molar-refractivity contribution is 0.488. The number of allylic oxidation sites excluding steroid dienone is 4. The normalized spacial score (nSPS) is 16.8. The van der Waals surface area contributed by atoms with Crippen LogP contribution in [0.25, 0.3) is 71.8 Å². The first kappa shape index (κ1) is 33.6. The van der Waals surface area contributed by atoms with Crippen LogP contribution in [0.3, 0.4) is 0 Å². The van der Waals surface area contributed by atoms with Gasteiger partial charge in [0.25, 0.3) is 0 Å². The van der Waals surface area contributed by atoms with Gasteiger partial charge in [-0.3, -0.25) is 0 Å². The van der Waals surface area contributed by atoms with E-state index in [1.165, 1.54) is 43.8 Å². The van der Waals surface area contributed by atoms with Gasteiger partial charge >= 0.3 is 0 Å². The van der Waals surface area contributed by atoms with Crippen LogP contribution in [0.15, 0.2) is 164 Å². The summed E-state index contributed by atoms with van der Waals surface area (Å²) in [5.74, 6) is 0. The van der Waals surface area contributed by atoms with Crippen LogP contribution in [0.4, 0.5) is 0 Å². The second kappa shape index (κ2) is 12.8. The predicted molar refractivity (Wildman–Crippen MR) is 233 cm³/mol. The lowest BCUT2D eigenvalue weighted by atomic mass is 9.68. The third kappa shape index (κ3) is 5.01. The molecule has 9 aromatic rings. The van der Waals surface area contributed by atoms with Crippen LogP contribution in [0.1, 0.15) is 33.9 Å². The minimum Gasteiger partial charge on any atom is -0.331 e. The maximum atomic E-state index is 12.4. The molecule has 0 bridgehead atoms. The van der Waals surface area contributed by atoms with Crippen LogP contribution in [-0.4, -0.2) is 14.1 Å². The zero-order chi connectivity index (χ0) is 38.1. The van der Waals surface area contributed by atoms with E-state index in [0.717, 1.165) is 55.8 Å². The Balaban J connectivity index is 1.36. The molecule has 10 rings (SSSR count). The van der Waals surface area contributed by atoms with Crippen LogP contribution < -0.4 is 0 Å². The summed E-state index contributed by atoms with van der Waals surface area (Å²) in [7, 11) is 0. The van der Waals surface area contributed by atoms with Gasteiger partial charge in [-0.2, -0.15) is 5.26 Å². The number of aryl methyl sites for hydroxylation is 4. The molecule has 0 spiro atoms. The molecule has 3 aromatic heterocycles. The second-order valence-electron chi connectivity index (χ2n) is 15.4. The molecule has 0 amide bonds. The van der Waals surface area contributed by atoms with Crippen molar-refractivity contribution >= 4 is 49.3 Å². The first-order chi connectivity index (χ1) is 27.4. The number of nitriles is 1. The van der Waals surface area contributed by atoms with Crippen molar-refractivity contribution in [2.24, 2.45) is 0 Å². The van der Waals surface area contributed by atoms with Crippen molar-refractivity contribution < 1.29 is 0 Å². The highest BCUT2D eigenvalue weighted by Gasteiger charge is 2.50. The number of benzene rings is 6. The van der Waals surface area contributed by atoms with Crippen molar-refractivity contribution in [2.45, 2.75) is 39.2 Å². The van der Waals surface area contributed by atoms with E-state index in [9.17, 15) is 5.26 Å². The van der Waals surface area contributed by atoms with Gasteiger partial charge in [0.1, 0.15) is 5.41 Å². The number of aromatic nitrogens is 3. The summed E-state index contributed by atoms with van der Waals surface area (Å²) in [5, 5.41) is 17.1. The zero-order valence-electron chi connectivity index (χ0n) is 32.0. The molecule has 0 saturated heterocycles. The quantitative estimate of drug-likeness (QED) is 0.178. The maximum Gasteiger partial charge on any atom is 0.149 e. The molecule has 56 heavy (non-hydrogen) atoms. The molecule has 0 radical (unpaired) electrons. The summed E-state index contributed by atoms with van der Waals surface area (Å²) in [5.41, 5.74) is 13.3. The fourth-order valence-corrected chi connectivity index (χ4v) is 9.15. The summed E-state index contributed by atoms with van der Waals surface area (Å²) < 4.78 is 4.77. The van der Waals surface area contributed by atoms with Crippen molar-refractivity contribution in [2.75, 3.05) is 0 Å². The molecule has 2 unspecified atom stereocenters. The monoisotopic (exact) mass is 720 g/mol. The highest BCUT2D eigenvalue weighted by molar-refractivity contribution is 6.12. The predicted octanol–water partition coefficient (Wildman–Crippen LogP) is 13.0. The standard InChI is InChI=1S/C52H40N4/c1-33-18-24-45-39(28-33)40-29-34(2)19-25-46(40)55(45)49-16-11-17-50(56-47-26-20-35(3)30-41(47)42-31-36(4)21-27-48(42)56)52(49,32-53)43-22-23-44(37-12-7-5-8-13-37)54-51(43)38-14-9-6-10-15-38/h5-31,49H,1-4H3. The summed E-state index contributed by atoms with van der Waals surface area (Å²) in [6.45, 7) is 8.59. The minimum absolute atomic E-state index is 0.451. The van der Waals surface area contributed by atoms with Crippen molar-refractivity contribution in [1.82, 2.24) is 14.1 Å². The Kier molecular flexibility index (Phi) is 7.69. The highest BCUT2D eigenvalue weighted by Crippen LogP contribution is 2.54. The maximum absolute atomic E-state index is 12.4. The summed E-state index contributed by atoms with van der Waals surface area (Å²) in [6, 6.07) is 54.3.